The summed E-state index contributed by atoms with van der Waals surface area (Å²) in [5.74, 6) is -2.05. The molecule has 0 aromatic heterocycles. The van der Waals surface area contributed by atoms with Gasteiger partial charge in [-0.1, -0.05) is 19.8 Å². The number of amides is 1. The second-order valence-electron chi connectivity index (χ2n) is 6.93. The van der Waals surface area contributed by atoms with E-state index >= 15 is 0 Å². The molecule has 0 aromatic rings. The summed E-state index contributed by atoms with van der Waals surface area (Å²) >= 11 is 1.39. The number of ether oxygens (including phenoxy) is 1. The number of esters is 1. The van der Waals surface area contributed by atoms with Crippen molar-refractivity contribution < 1.29 is 29.0 Å². The van der Waals surface area contributed by atoms with E-state index in [1.54, 1.807) is 4.90 Å². The normalized spacial score (nSPS) is 27.5. The van der Waals surface area contributed by atoms with Crippen molar-refractivity contribution in [1.29, 1.82) is 0 Å². The maximum absolute atomic E-state index is 12.4. The second-order valence-corrected chi connectivity index (χ2v) is 8.04. The minimum atomic E-state index is -1.34. The average molecular weight is 386 g/mol. The number of nitrogens with one attached hydrogen (secondary N) is 1. The van der Waals surface area contributed by atoms with E-state index in [1.807, 2.05) is 0 Å². The summed E-state index contributed by atoms with van der Waals surface area (Å²) < 4.78 is 5.01. The van der Waals surface area contributed by atoms with Crippen LogP contribution in [0.5, 0.6) is 0 Å². The first-order chi connectivity index (χ1) is 12.3. The molecule has 0 saturated carbocycles. The standard InChI is InChI=1S/C17H26N2O6S/c1-3-4-5-6-18-13-14(22)19-8-17(16(23)24,10-26-15(13)19)9-25-12(21)7-11(2)20/h13,15,18H,3-10H2,1-2H3,(H,23,24)/t13?,15-,17?/m1/s1. The van der Waals surface area contributed by atoms with Gasteiger partial charge in [-0.3, -0.25) is 19.2 Å². The van der Waals surface area contributed by atoms with Crippen molar-refractivity contribution in [3.8, 4) is 0 Å². The smallest absolute Gasteiger partial charge is 0.315 e. The molecule has 2 rings (SSSR count). The number of carboxylic acid groups (broad SMARTS) is 1. The van der Waals surface area contributed by atoms with Crippen LogP contribution in [0.2, 0.25) is 0 Å². The molecule has 0 radical (unpaired) electrons. The Bertz CT molecular complexity index is 584. The first-order valence-corrected chi connectivity index (χ1v) is 9.89. The average Bonchev–Trinajstić information content (AvgIpc) is 2.59. The van der Waals surface area contributed by atoms with Gasteiger partial charge in [0.1, 0.15) is 35.6 Å². The number of unbranched alkanes of at least 4 members (excludes halogenated alkanes) is 2. The predicted molar refractivity (Wildman–Crippen MR) is 95.6 cm³/mol. The Morgan fingerprint density at radius 3 is 2.73 bits per heavy atom. The molecular weight excluding hydrogens is 360 g/mol. The van der Waals surface area contributed by atoms with Gasteiger partial charge in [0, 0.05) is 12.3 Å². The van der Waals surface area contributed by atoms with Crippen molar-refractivity contribution in [3.05, 3.63) is 0 Å². The first kappa shape index (κ1) is 20.7. The number of β-lactam (4-membered cyclic amide) rings is 1. The van der Waals surface area contributed by atoms with Gasteiger partial charge < -0.3 is 20.1 Å². The minimum absolute atomic E-state index is 0.0132. The number of nitrogens with zero attached hydrogens (tertiary/aromatic N) is 1. The van der Waals surface area contributed by atoms with Crippen LogP contribution in [0, 0.1) is 5.41 Å². The lowest BCUT2D eigenvalue weighted by atomic mass is 9.88. The van der Waals surface area contributed by atoms with Crippen LogP contribution in [0.25, 0.3) is 0 Å². The Morgan fingerprint density at radius 2 is 2.12 bits per heavy atom. The van der Waals surface area contributed by atoms with Crippen molar-refractivity contribution in [2.24, 2.45) is 5.41 Å². The quantitative estimate of drug-likeness (QED) is 0.243. The minimum Gasteiger partial charge on any atom is -0.481 e. The number of carbonyl (C=O) groups excluding carboxylic acids is 3. The Morgan fingerprint density at radius 1 is 1.38 bits per heavy atom. The van der Waals surface area contributed by atoms with Gasteiger partial charge in [-0.15, -0.1) is 11.8 Å². The molecule has 2 saturated heterocycles. The molecule has 146 valence electrons. The molecule has 2 N–H and O–H groups in total. The summed E-state index contributed by atoms with van der Waals surface area (Å²) in [6.07, 6.45) is 2.83. The van der Waals surface area contributed by atoms with Gasteiger partial charge in [-0.05, 0) is 19.9 Å². The van der Waals surface area contributed by atoms with Crippen LogP contribution >= 0.6 is 11.8 Å². The molecule has 9 heteroatoms. The molecule has 2 heterocycles. The highest BCUT2D eigenvalue weighted by atomic mass is 32.2. The molecule has 2 fully saturated rings. The maximum atomic E-state index is 12.4. The van der Waals surface area contributed by atoms with Crippen molar-refractivity contribution in [3.63, 3.8) is 0 Å². The highest BCUT2D eigenvalue weighted by Gasteiger charge is 2.57. The molecule has 0 aliphatic carbocycles. The van der Waals surface area contributed by atoms with E-state index in [1.165, 1.54) is 18.7 Å². The number of fused-ring (bicyclic) bond motifs is 1. The zero-order chi connectivity index (χ0) is 19.3. The van der Waals surface area contributed by atoms with E-state index in [2.05, 4.69) is 12.2 Å². The van der Waals surface area contributed by atoms with Crippen LogP contribution in [-0.4, -0.2) is 70.5 Å². The van der Waals surface area contributed by atoms with Crippen LogP contribution in [0.4, 0.5) is 0 Å². The Kier molecular flexibility index (Phi) is 7.05. The van der Waals surface area contributed by atoms with Gasteiger partial charge in [0.05, 0.1) is 0 Å². The van der Waals surface area contributed by atoms with Crippen LogP contribution in [-0.2, 0) is 23.9 Å². The molecule has 0 aromatic carbocycles. The molecule has 0 bridgehead atoms. The number of hydrogen-bond acceptors (Lipinski definition) is 7. The zero-order valence-electron chi connectivity index (χ0n) is 15.2. The third kappa shape index (κ3) is 4.56. The fraction of sp³-hybridized carbons (Fsp3) is 0.765. The van der Waals surface area contributed by atoms with Crippen molar-refractivity contribution in [2.75, 3.05) is 25.4 Å². The fourth-order valence-electron chi connectivity index (χ4n) is 3.07. The Labute approximate surface area is 157 Å². The highest BCUT2D eigenvalue weighted by Crippen LogP contribution is 2.42. The lowest BCUT2D eigenvalue weighted by Gasteiger charge is -2.53. The summed E-state index contributed by atoms with van der Waals surface area (Å²) in [6.45, 7) is 3.82. The molecule has 2 unspecified atom stereocenters. The number of hydrogen-bond donors (Lipinski definition) is 2. The van der Waals surface area contributed by atoms with Crippen molar-refractivity contribution >= 4 is 35.4 Å². The summed E-state index contributed by atoms with van der Waals surface area (Å²) in [5.41, 5.74) is -1.34. The van der Waals surface area contributed by atoms with E-state index < -0.39 is 17.4 Å². The largest absolute Gasteiger partial charge is 0.481 e. The van der Waals surface area contributed by atoms with Gasteiger partial charge in [0.25, 0.3) is 0 Å². The highest BCUT2D eigenvalue weighted by molar-refractivity contribution is 8.00. The summed E-state index contributed by atoms with van der Waals surface area (Å²) in [4.78, 5) is 48.2. The molecule has 3 atom stereocenters. The maximum Gasteiger partial charge on any atom is 0.315 e. The number of Topliss-reactive ketones (excluding diaryl/α,β-unsaturated/α-hetero) is 1. The third-order valence-corrected chi connectivity index (χ3v) is 6.23. The Hall–Kier alpha value is -1.61. The van der Waals surface area contributed by atoms with Gasteiger partial charge in [0.15, 0.2) is 0 Å². The van der Waals surface area contributed by atoms with E-state index in [4.69, 9.17) is 4.74 Å². The number of carbonyl (C=O) groups is 4. The molecule has 8 nitrogen and oxygen atoms in total. The second kappa shape index (κ2) is 8.85. The number of thioether (sulfide) groups is 1. The number of aliphatic carboxylic acids is 1. The number of rotatable bonds is 10. The van der Waals surface area contributed by atoms with Crippen molar-refractivity contribution in [1.82, 2.24) is 10.2 Å². The topological polar surface area (TPSA) is 113 Å². The number of carboxylic acids is 1. The predicted octanol–water partition coefficient (Wildman–Crippen LogP) is 0.643. The van der Waals surface area contributed by atoms with E-state index in [0.717, 1.165) is 25.8 Å². The summed E-state index contributed by atoms with van der Waals surface area (Å²) in [5, 5.41) is 12.8. The molecular formula is C17H26N2O6S. The SMILES string of the molecule is CCCCCNC1C(=O)N2CC(COC(=O)CC(C)=O)(C(=O)O)CS[C@H]12. The van der Waals surface area contributed by atoms with Gasteiger partial charge >= 0.3 is 11.9 Å². The summed E-state index contributed by atoms with van der Waals surface area (Å²) in [7, 11) is 0. The first-order valence-electron chi connectivity index (χ1n) is 8.84. The van der Waals surface area contributed by atoms with E-state index in [9.17, 15) is 24.3 Å². The van der Waals surface area contributed by atoms with Crippen LogP contribution < -0.4 is 5.32 Å². The lowest BCUT2D eigenvalue weighted by molar-refractivity contribution is -0.164. The Balaban J connectivity index is 1.91. The molecule has 0 spiro atoms. The van der Waals surface area contributed by atoms with E-state index in [0.29, 0.717) is 0 Å². The zero-order valence-corrected chi connectivity index (χ0v) is 16.0. The molecule has 2 aliphatic rings. The molecule has 2 aliphatic heterocycles. The van der Waals surface area contributed by atoms with E-state index in [-0.39, 0.29) is 48.4 Å². The molecule has 1 amide bonds. The van der Waals surface area contributed by atoms with Gasteiger partial charge in [-0.2, -0.15) is 0 Å². The van der Waals surface area contributed by atoms with Crippen LogP contribution in [0.3, 0.4) is 0 Å². The third-order valence-electron chi connectivity index (χ3n) is 4.65. The van der Waals surface area contributed by atoms with Crippen LogP contribution in [0.1, 0.15) is 39.5 Å². The monoisotopic (exact) mass is 386 g/mol. The molecule has 26 heavy (non-hydrogen) atoms. The summed E-state index contributed by atoms with van der Waals surface area (Å²) in [6, 6.07) is -0.274. The van der Waals surface area contributed by atoms with Crippen LogP contribution in [0.15, 0.2) is 0 Å². The fourth-order valence-corrected chi connectivity index (χ4v) is 4.62. The van der Waals surface area contributed by atoms with Crippen molar-refractivity contribution in [2.45, 2.75) is 50.9 Å². The number of ketones is 1. The van der Waals surface area contributed by atoms with Gasteiger partial charge in [-0.25, -0.2) is 0 Å². The van der Waals surface area contributed by atoms with Gasteiger partial charge in [0.2, 0.25) is 5.91 Å². The lowest BCUT2D eigenvalue weighted by Crippen LogP contribution is -2.73.